The minimum Gasteiger partial charge on any atom is -0.337 e. The number of aromatic nitrogens is 2. The van der Waals surface area contributed by atoms with Crippen LogP contribution in [0.3, 0.4) is 0 Å². The number of pyridine rings is 1. The molecule has 29 heavy (non-hydrogen) atoms. The summed E-state index contributed by atoms with van der Waals surface area (Å²) in [6.45, 7) is 3.38. The van der Waals surface area contributed by atoms with E-state index in [0.29, 0.717) is 0 Å². The molecule has 0 saturated carbocycles. The Morgan fingerprint density at radius 1 is 1.21 bits per heavy atom. The molecule has 2 aromatic heterocycles. The second-order valence-corrected chi connectivity index (χ2v) is 9.70. The van der Waals surface area contributed by atoms with E-state index in [1.165, 1.54) is 0 Å². The predicted molar refractivity (Wildman–Crippen MR) is 121 cm³/mol. The molecule has 1 aromatic carbocycles. The molecule has 0 radical (unpaired) electrons. The van der Waals surface area contributed by atoms with E-state index >= 15 is 0 Å². The van der Waals surface area contributed by atoms with E-state index in [4.69, 9.17) is 0 Å². The number of amides is 1. The van der Waals surface area contributed by atoms with Crippen LogP contribution in [0.1, 0.15) is 16.8 Å². The molecule has 0 spiro atoms. The summed E-state index contributed by atoms with van der Waals surface area (Å²) in [5, 5.41) is 7.33. The summed E-state index contributed by atoms with van der Waals surface area (Å²) in [7, 11) is 0. The van der Waals surface area contributed by atoms with Crippen LogP contribution in [0.15, 0.2) is 62.4 Å². The van der Waals surface area contributed by atoms with Gasteiger partial charge in [0.25, 0.3) is 5.91 Å². The quantitative estimate of drug-likeness (QED) is 0.509. The highest BCUT2D eigenvalue weighted by Crippen LogP contribution is 2.35. The largest absolute Gasteiger partial charge is 0.337 e. The molecule has 150 valence electrons. The van der Waals surface area contributed by atoms with Crippen LogP contribution in [0.4, 0.5) is 10.9 Å². The highest BCUT2D eigenvalue weighted by atomic mass is 79.9. The van der Waals surface area contributed by atoms with E-state index in [9.17, 15) is 4.79 Å². The summed E-state index contributed by atoms with van der Waals surface area (Å²) in [4.78, 5) is 24.6. The molecule has 0 unspecified atom stereocenters. The van der Waals surface area contributed by atoms with Gasteiger partial charge in [-0.15, -0.1) is 0 Å². The van der Waals surface area contributed by atoms with Gasteiger partial charge in [-0.1, -0.05) is 35.2 Å². The Balaban J connectivity index is 1.43. The van der Waals surface area contributed by atoms with Gasteiger partial charge < -0.3 is 15.5 Å². The third kappa shape index (κ3) is 5.57. The van der Waals surface area contributed by atoms with Crippen molar-refractivity contribution >= 4 is 55.9 Å². The summed E-state index contributed by atoms with van der Waals surface area (Å²) in [5.41, 5.74) is 0.734. The molecule has 1 saturated heterocycles. The first-order valence-electron chi connectivity index (χ1n) is 9.31. The maximum atomic E-state index is 12.9. The Morgan fingerprint density at radius 2 is 2.10 bits per heavy atom. The van der Waals surface area contributed by atoms with Crippen molar-refractivity contribution in [2.24, 2.45) is 0 Å². The van der Waals surface area contributed by atoms with E-state index in [1.54, 1.807) is 23.1 Å². The summed E-state index contributed by atoms with van der Waals surface area (Å²) in [6.07, 6.45) is 2.83. The first-order valence-corrected chi connectivity index (χ1v) is 11.7. The van der Waals surface area contributed by atoms with Gasteiger partial charge in [0.1, 0.15) is 10.4 Å². The average molecular weight is 490 g/mol. The van der Waals surface area contributed by atoms with E-state index in [1.807, 2.05) is 53.6 Å². The molecule has 1 aliphatic heterocycles. The molecule has 1 aliphatic rings. The van der Waals surface area contributed by atoms with Crippen molar-refractivity contribution in [3.63, 3.8) is 0 Å². The van der Waals surface area contributed by atoms with Gasteiger partial charge in [0.15, 0.2) is 5.13 Å². The zero-order chi connectivity index (χ0) is 20.1. The molecule has 0 bridgehead atoms. The molecule has 0 aliphatic carbocycles. The lowest BCUT2D eigenvalue weighted by atomic mass is 10.2. The second kappa shape index (κ2) is 9.71. The van der Waals surface area contributed by atoms with Gasteiger partial charge in [0.05, 0.1) is 10.4 Å². The number of benzene rings is 1. The van der Waals surface area contributed by atoms with Gasteiger partial charge in [-0.25, -0.2) is 9.97 Å². The summed E-state index contributed by atoms with van der Waals surface area (Å²) < 4.78 is 1.82. The van der Waals surface area contributed by atoms with Crippen molar-refractivity contribution in [3.05, 3.63) is 58.8 Å². The number of thiazole rings is 1. The third-order valence-corrected chi connectivity index (χ3v) is 6.81. The molecular weight excluding hydrogens is 470 g/mol. The number of hydrogen-bond acceptors (Lipinski definition) is 7. The normalized spacial score (nSPS) is 14.4. The van der Waals surface area contributed by atoms with Gasteiger partial charge >= 0.3 is 0 Å². The van der Waals surface area contributed by atoms with Crippen LogP contribution in [0, 0.1) is 0 Å². The highest BCUT2D eigenvalue weighted by molar-refractivity contribution is 9.10. The van der Waals surface area contributed by atoms with Gasteiger partial charge in [-0.2, -0.15) is 0 Å². The van der Waals surface area contributed by atoms with Crippen LogP contribution in [-0.4, -0.2) is 47.0 Å². The van der Waals surface area contributed by atoms with Crippen LogP contribution in [0.5, 0.6) is 0 Å². The smallest absolute Gasteiger partial charge is 0.253 e. The van der Waals surface area contributed by atoms with Gasteiger partial charge in [0, 0.05) is 30.1 Å². The highest BCUT2D eigenvalue weighted by Gasteiger charge is 2.17. The first kappa shape index (κ1) is 20.3. The molecule has 2 N–H and O–H groups in total. The molecule has 6 nitrogen and oxygen atoms in total. The number of anilines is 2. The fourth-order valence-corrected chi connectivity index (χ4v) is 5.25. The van der Waals surface area contributed by atoms with Crippen LogP contribution in [-0.2, 0) is 0 Å². The molecule has 1 fully saturated rings. The number of rotatable bonds is 5. The van der Waals surface area contributed by atoms with Crippen molar-refractivity contribution in [2.75, 3.05) is 31.5 Å². The van der Waals surface area contributed by atoms with Crippen molar-refractivity contribution in [2.45, 2.75) is 15.5 Å². The van der Waals surface area contributed by atoms with Gasteiger partial charge in [0.2, 0.25) is 0 Å². The number of nitrogens with zero attached hydrogens (tertiary/aromatic N) is 3. The molecule has 3 heterocycles. The minimum atomic E-state index is 0.100. The second-order valence-electron chi connectivity index (χ2n) is 6.48. The lowest BCUT2D eigenvalue weighted by Gasteiger charge is -2.20. The third-order valence-electron chi connectivity index (χ3n) is 4.36. The summed E-state index contributed by atoms with van der Waals surface area (Å²) in [5.74, 6) is 0.841. The molecule has 4 rings (SSSR count). The first-order chi connectivity index (χ1) is 14.2. The Bertz CT molecular complexity index is 988. The average Bonchev–Trinajstić information content (AvgIpc) is 2.98. The molecular formula is C20H20BrN5OS2. The lowest BCUT2D eigenvalue weighted by Crippen LogP contribution is -2.34. The van der Waals surface area contributed by atoms with Crippen LogP contribution in [0.2, 0.25) is 0 Å². The van der Waals surface area contributed by atoms with Crippen molar-refractivity contribution in [1.29, 1.82) is 0 Å². The van der Waals surface area contributed by atoms with E-state index in [0.717, 1.165) is 62.8 Å². The topological polar surface area (TPSA) is 70.2 Å². The number of carbonyl (C=O) groups excluding carboxylic acids is 1. The Morgan fingerprint density at radius 3 is 3.00 bits per heavy atom. The standard InChI is InChI=1S/C20H20BrN5OS2/c21-16-6-2-7-17(24-16)25-20-23-13-18(29-20)28-15-5-1-4-14(12-15)19(27)26-10-3-8-22-9-11-26/h1-2,4-7,12-13,22H,3,8-11H2,(H,23,24,25). The van der Waals surface area contributed by atoms with Gasteiger partial charge in [-0.3, -0.25) is 4.79 Å². The number of nitrogens with one attached hydrogen (secondary N) is 2. The van der Waals surface area contributed by atoms with Crippen molar-refractivity contribution in [1.82, 2.24) is 20.2 Å². The van der Waals surface area contributed by atoms with Crippen LogP contribution in [0.25, 0.3) is 0 Å². The Labute approximate surface area is 186 Å². The summed E-state index contributed by atoms with van der Waals surface area (Å²) in [6, 6.07) is 13.5. The van der Waals surface area contributed by atoms with Crippen LogP contribution >= 0.6 is 39.0 Å². The van der Waals surface area contributed by atoms with Gasteiger partial charge in [-0.05, 0) is 59.2 Å². The molecule has 1 amide bonds. The van der Waals surface area contributed by atoms with Crippen molar-refractivity contribution < 1.29 is 4.79 Å². The fraction of sp³-hybridized carbons (Fsp3) is 0.250. The van der Waals surface area contributed by atoms with E-state index in [-0.39, 0.29) is 5.91 Å². The van der Waals surface area contributed by atoms with E-state index < -0.39 is 0 Å². The monoisotopic (exact) mass is 489 g/mol. The Hall–Kier alpha value is -1.94. The molecule has 0 atom stereocenters. The van der Waals surface area contributed by atoms with E-state index in [2.05, 4.69) is 36.5 Å². The lowest BCUT2D eigenvalue weighted by molar-refractivity contribution is 0.0766. The molecule has 3 aromatic rings. The van der Waals surface area contributed by atoms with Crippen LogP contribution < -0.4 is 10.6 Å². The fourth-order valence-electron chi connectivity index (χ4n) is 2.99. The summed E-state index contributed by atoms with van der Waals surface area (Å²) >= 11 is 6.53. The number of carbonyl (C=O) groups is 1. The zero-order valence-electron chi connectivity index (χ0n) is 15.6. The zero-order valence-corrected chi connectivity index (χ0v) is 18.8. The maximum Gasteiger partial charge on any atom is 0.253 e. The maximum absolute atomic E-state index is 12.9. The predicted octanol–water partition coefficient (Wildman–Crippen LogP) is 4.63. The number of halogens is 1. The molecule has 9 heteroatoms. The Kier molecular flexibility index (Phi) is 6.81. The van der Waals surface area contributed by atoms with Crippen molar-refractivity contribution in [3.8, 4) is 0 Å². The number of hydrogen-bond donors (Lipinski definition) is 2. The SMILES string of the molecule is O=C(c1cccc(Sc2cnc(Nc3cccc(Br)n3)s2)c1)N1CCCNCC1. The minimum absolute atomic E-state index is 0.100.